The molecule has 5 aromatic heterocycles. The van der Waals surface area contributed by atoms with Crippen LogP contribution in [0.5, 0.6) is 0 Å². The van der Waals surface area contributed by atoms with E-state index < -0.39 is 0 Å². The highest BCUT2D eigenvalue weighted by atomic mass is 32.1. The summed E-state index contributed by atoms with van der Waals surface area (Å²) in [5.41, 5.74) is 3.05. The zero-order valence-electron chi connectivity index (χ0n) is 14.6. The number of aryl methyl sites for hydroxylation is 1. The lowest BCUT2D eigenvalue weighted by molar-refractivity contribution is 0.622. The van der Waals surface area contributed by atoms with E-state index in [1.165, 1.54) is 23.6 Å². The zero-order chi connectivity index (χ0) is 19.1. The SMILES string of the molecule is Cc1nc(-c2cncc(F)c2)sc1-c1nc(-c2ncccn2)cc2sccc12. The standard InChI is InChI=1S/C20H12FN5S2/c1-11-18(28-20(25-11)12-7-13(21)10-22-9-12)17-14-3-6-27-16(14)8-15(26-17)19-23-4-2-5-24-19/h2-10H,1H3. The van der Waals surface area contributed by atoms with E-state index >= 15 is 0 Å². The van der Waals surface area contributed by atoms with Crippen molar-refractivity contribution >= 4 is 32.8 Å². The van der Waals surface area contributed by atoms with Gasteiger partial charge < -0.3 is 0 Å². The molecular weight excluding hydrogens is 393 g/mol. The first-order valence-electron chi connectivity index (χ1n) is 8.43. The molecule has 0 radical (unpaired) electrons. The summed E-state index contributed by atoms with van der Waals surface area (Å²) < 4.78 is 14.7. The van der Waals surface area contributed by atoms with Crippen LogP contribution in [0.25, 0.3) is 42.7 Å². The van der Waals surface area contributed by atoms with Gasteiger partial charge in [0.05, 0.1) is 22.5 Å². The van der Waals surface area contributed by atoms with Gasteiger partial charge in [-0.15, -0.1) is 22.7 Å². The first-order chi connectivity index (χ1) is 13.7. The number of thiophene rings is 1. The van der Waals surface area contributed by atoms with Gasteiger partial charge >= 0.3 is 0 Å². The summed E-state index contributed by atoms with van der Waals surface area (Å²) in [5, 5.41) is 3.81. The quantitative estimate of drug-likeness (QED) is 0.403. The number of hydrogen-bond donors (Lipinski definition) is 0. The predicted octanol–water partition coefficient (Wildman–Crippen LogP) is 5.39. The lowest BCUT2D eigenvalue weighted by atomic mass is 10.1. The molecule has 5 heterocycles. The summed E-state index contributed by atoms with van der Waals surface area (Å²) >= 11 is 3.13. The van der Waals surface area contributed by atoms with Crippen LogP contribution in [0.3, 0.4) is 0 Å². The average molecular weight is 405 g/mol. The summed E-state index contributed by atoms with van der Waals surface area (Å²) in [6.07, 6.45) is 6.21. The molecule has 0 amide bonds. The highest BCUT2D eigenvalue weighted by molar-refractivity contribution is 7.19. The highest BCUT2D eigenvalue weighted by Gasteiger charge is 2.18. The zero-order valence-corrected chi connectivity index (χ0v) is 16.3. The lowest BCUT2D eigenvalue weighted by Gasteiger charge is -2.05. The molecule has 28 heavy (non-hydrogen) atoms. The Morgan fingerprint density at radius 1 is 1.04 bits per heavy atom. The fraction of sp³-hybridized carbons (Fsp3) is 0.0500. The number of aromatic nitrogens is 5. The van der Waals surface area contributed by atoms with Crippen LogP contribution in [0.2, 0.25) is 0 Å². The number of pyridine rings is 2. The molecule has 0 aliphatic carbocycles. The van der Waals surface area contributed by atoms with E-state index in [4.69, 9.17) is 4.98 Å². The van der Waals surface area contributed by atoms with E-state index in [2.05, 4.69) is 26.0 Å². The number of halogens is 1. The largest absolute Gasteiger partial charge is 0.261 e. The maximum absolute atomic E-state index is 13.6. The molecule has 0 spiro atoms. The van der Waals surface area contributed by atoms with Crippen molar-refractivity contribution in [3.8, 4) is 32.7 Å². The summed E-state index contributed by atoms with van der Waals surface area (Å²) in [5.74, 6) is 0.198. The third-order valence-corrected chi connectivity index (χ3v) is 6.29. The molecule has 0 unspecified atom stereocenters. The van der Waals surface area contributed by atoms with Crippen molar-refractivity contribution in [3.63, 3.8) is 0 Å². The van der Waals surface area contributed by atoms with Crippen molar-refractivity contribution in [3.05, 3.63) is 65.9 Å². The first-order valence-corrected chi connectivity index (χ1v) is 10.1. The first kappa shape index (κ1) is 17.0. The predicted molar refractivity (Wildman–Crippen MR) is 110 cm³/mol. The van der Waals surface area contributed by atoms with Gasteiger partial charge in [0.25, 0.3) is 0 Å². The van der Waals surface area contributed by atoms with Gasteiger partial charge in [0.2, 0.25) is 0 Å². The van der Waals surface area contributed by atoms with E-state index in [1.807, 2.05) is 18.4 Å². The fourth-order valence-corrected chi connectivity index (χ4v) is 4.83. The van der Waals surface area contributed by atoms with Crippen LogP contribution in [-0.4, -0.2) is 24.9 Å². The molecule has 0 saturated carbocycles. The van der Waals surface area contributed by atoms with Crippen molar-refractivity contribution in [2.24, 2.45) is 0 Å². The monoisotopic (exact) mass is 405 g/mol. The Morgan fingerprint density at radius 2 is 1.89 bits per heavy atom. The van der Waals surface area contributed by atoms with Crippen molar-refractivity contribution in [1.29, 1.82) is 0 Å². The molecule has 0 aliphatic heterocycles. The average Bonchev–Trinajstić information content (AvgIpc) is 3.34. The molecule has 5 nitrogen and oxygen atoms in total. The Bertz CT molecular complexity index is 1300. The van der Waals surface area contributed by atoms with Crippen LogP contribution < -0.4 is 0 Å². The van der Waals surface area contributed by atoms with E-state index in [-0.39, 0.29) is 5.82 Å². The van der Waals surface area contributed by atoms with E-state index in [1.54, 1.807) is 36.0 Å². The second-order valence-corrected chi connectivity index (χ2v) is 8.03. The van der Waals surface area contributed by atoms with E-state index in [0.717, 1.165) is 26.4 Å². The van der Waals surface area contributed by atoms with E-state index in [0.29, 0.717) is 22.1 Å². The Kier molecular flexibility index (Phi) is 4.14. The normalized spacial score (nSPS) is 11.2. The van der Waals surface area contributed by atoms with E-state index in [9.17, 15) is 4.39 Å². The third-order valence-electron chi connectivity index (χ3n) is 4.21. The van der Waals surface area contributed by atoms with Crippen molar-refractivity contribution in [2.75, 3.05) is 0 Å². The van der Waals surface area contributed by atoms with Crippen molar-refractivity contribution < 1.29 is 4.39 Å². The van der Waals surface area contributed by atoms with Gasteiger partial charge in [-0.05, 0) is 36.6 Å². The summed E-state index contributed by atoms with van der Waals surface area (Å²) in [4.78, 5) is 23.0. The van der Waals surface area contributed by atoms with Crippen LogP contribution in [0, 0.1) is 12.7 Å². The number of fused-ring (bicyclic) bond motifs is 1. The molecule has 0 saturated heterocycles. The van der Waals surface area contributed by atoms with Gasteiger partial charge in [-0.3, -0.25) is 4.98 Å². The van der Waals surface area contributed by atoms with Gasteiger partial charge in [0.15, 0.2) is 5.82 Å². The smallest absolute Gasteiger partial charge is 0.178 e. The second-order valence-electron chi connectivity index (χ2n) is 6.09. The molecule has 8 heteroatoms. The summed E-state index contributed by atoms with van der Waals surface area (Å²) in [7, 11) is 0. The molecule has 0 fully saturated rings. The molecule has 0 aliphatic rings. The minimum Gasteiger partial charge on any atom is -0.261 e. The molecule has 5 rings (SSSR count). The third kappa shape index (κ3) is 2.96. The number of hydrogen-bond acceptors (Lipinski definition) is 7. The van der Waals surface area contributed by atoms with Crippen LogP contribution in [0.15, 0.2) is 54.4 Å². The number of rotatable bonds is 3. The van der Waals surface area contributed by atoms with Gasteiger partial charge in [-0.1, -0.05) is 0 Å². The van der Waals surface area contributed by atoms with Gasteiger partial charge in [-0.2, -0.15) is 0 Å². The summed E-state index contributed by atoms with van der Waals surface area (Å²) in [6.45, 7) is 1.94. The number of thiazole rings is 1. The Labute approximate surface area is 167 Å². The van der Waals surface area contributed by atoms with Gasteiger partial charge in [-0.25, -0.2) is 24.3 Å². The Morgan fingerprint density at radius 3 is 2.71 bits per heavy atom. The van der Waals surface area contributed by atoms with Crippen LogP contribution >= 0.6 is 22.7 Å². The van der Waals surface area contributed by atoms with Crippen LogP contribution in [0.1, 0.15) is 5.69 Å². The van der Waals surface area contributed by atoms with Crippen LogP contribution in [0.4, 0.5) is 4.39 Å². The minimum atomic E-state index is -0.381. The van der Waals surface area contributed by atoms with Crippen LogP contribution in [-0.2, 0) is 0 Å². The number of nitrogens with zero attached hydrogens (tertiary/aromatic N) is 5. The maximum atomic E-state index is 13.6. The maximum Gasteiger partial charge on any atom is 0.178 e. The molecule has 0 atom stereocenters. The molecular formula is C20H12FN5S2. The Hall–Kier alpha value is -3.10. The lowest BCUT2D eigenvalue weighted by Crippen LogP contribution is -1.93. The molecule has 136 valence electrons. The van der Waals surface area contributed by atoms with Gasteiger partial charge in [0, 0.05) is 34.2 Å². The van der Waals surface area contributed by atoms with Gasteiger partial charge in [0.1, 0.15) is 16.5 Å². The topological polar surface area (TPSA) is 64.5 Å². The summed E-state index contributed by atoms with van der Waals surface area (Å²) in [6, 6.07) is 7.28. The van der Waals surface area contributed by atoms with Crippen molar-refractivity contribution in [2.45, 2.75) is 6.92 Å². The minimum absolute atomic E-state index is 0.381. The molecule has 0 bridgehead atoms. The molecule has 5 aromatic rings. The highest BCUT2D eigenvalue weighted by Crippen LogP contribution is 2.39. The molecule has 0 N–H and O–H groups in total. The Balaban J connectivity index is 1.70. The van der Waals surface area contributed by atoms with Crippen molar-refractivity contribution in [1.82, 2.24) is 24.9 Å². The molecule has 0 aromatic carbocycles. The second kappa shape index (κ2) is 6.81. The fourth-order valence-electron chi connectivity index (χ4n) is 2.95.